The zero-order chi connectivity index (χ0) is 47.5. The second-order valence-electron chi connectivity index (χ2n) is 18.8. The van der Waals surface area contributed by atoms with E-state index in [1.165, 1.54) is 40.6 Å². The molecule has 1 atom stereocenters. The summed E-state index contributed by atoms with van der Waals surface area (Å²) in [6, 6.07) is 20.7. The van der Waals surface area contributed by atoms with Crippen molar-refractivity contribution in [1.82, 2.24) is 24.5 Å². The van der Waals surface area contributed by atoms with E-state index in [1.807, 2.05) is 43.1 Å². The van der Waals surface area contributed by atoms with Gasteiger partial charge in [-0.3, -0.25) is 29.6 Å². The van der Waals surface area contributed by atoms with Crippen LogP contribution in [0.25, 0.3) is 16.6 Å². The van der Waals surface area contributed by atoms with Gasteiger partial charge in [0.1, 0.15) is 18.8 Å². The molecule has 67 heavy (non-hydrogen) atoms. The Morgan fingerprint density at radius 2 is 1.78 bits per heavy atom. The quantitative estimate of drug-likeness (QED) is 0.0420. The highest BCUT2D eigenvalue weighted by Gasteiger charge is 2.36. The first-order valence-corrected chi connectivity index (χ1v) is 27.8. The van der Waals surface area contributed by atoms with E-state index in [4.69, 9.17) is 16.3 Å². The molecule has 2 aliphatic heterocycles. The Morgan fingerprint density at radius 3 is 2.49 bits per heavy atom. The van der Waals surface area contributed by atoms with Gasteiger partial charge in [-0.1, -0.05) is 54.9 Å². The molecule has 3 aromatic carbocycles. The Morgan fingerprint density at radius 1 is 1.03 bits per heavy atom. The second-order valence-corrected chi connectivity index (χ2v) is 25.6. The first-order chi connectivity index (χ1) is 31.9. The number of methoxy groups -OCH3 is 1. The van der Waals surface area contributed by atoms with Gasteiger partial charge in [0.25, 0.3) is 21.6 Å². The van der Waals surface area contributed by atoms with E-state index in [1.54, 1.807) is 25.6 Å². The third-order valence-electron chi connectivity index (χ3n) is 13.0. The largest absolute Gasteiger partial charge is 0.383 e. The van der Waals surface area contributed by atoms with E-state index in [0.29, 0.717) is 36.9 Å². The van der Waals surface area contributed by atoms with Crippen molar-refractivity contribution in [2.75, 3.05) is 95.3 Å². The van der Waals surface area contributed by atoms with Crippen molar-refractivity contribution >= 4 is 80.5 Å². The van der Waals surface area contributed by atoms with Crippen molar-refractivity contribution < 1.29 is 27.8 Å². The SMILES string of the molecule is COCC(CN1CC[P+](C)(O)CC1)Nc1ccc(S(=O)(=O)NC(=O)c2ccc(N3CCN(CC4=C(c5ccc(Cl)cc5)CC(C)(C)CC4)CC3)cc2Sc2cnc3[nH]ccc3c2)cc1[N+](=O)[O-]. The fourth-order valence-corrected chi connectivity index (χ4v) is 12.9. The monoisotopic (exact) mass is 989 g/mol. The molecule has 3 aliphatic rings. The van der Waals surface area contributed by atoms with E-state index in [-0.39, 0.29) is 29.3 Å². The number of hydrogen-bond acceptors (Lipinski definition) is 13. The highest BCUT2D eigenvalue weighted by molar-refractivity contribution is 7.99. The van der Waals surface area contributed by atoms with E-state index in [0.717, 1.165) is 84.7 Å². The maximum absolute atomic E-state index is 14.1. The molecule has 1 unspecified atom stereocenters. The number of nitrogens with one attached hydrogen (secondary N) is 3. The van der Waals surface area contributed by atoms with Crippen molar-refractivity contribution in [3.05, 3.63) is 117 Å². The number of aromatic nitrogens is 2. The van der Waals surface area contributed by atoms with E-state index >= 15 is 0 Å². The zero-order valence-corrected chi connectivity index (χ0v) is 41.6. The van der Waals surface area contributed by atoms with E-state index < -0.39 is 38.9 Å². The number of carbonyl (C=O) groups excluding carboxylic acids is 1. The maximum Gasteiger partial charge on any atom is 0.293 e. The molecule has 1 aliphatic carbocycles. The molecule has 0 bridgehead atoms. The topological polar surface area (TPSA) is 186 Å². The molecule has 8 rings (SSSR count). The summed E-state index contributed by atoms with van der Waals surface area (Å²) in [6.07, 6.45) is 8.13. The number of fused-ring (bicyclic) bond motifs is 1. The lowest BCUT2D eigenvalue weighted by molar-refractivity contribution is -0.384. The van der Waals surface area contributed by atoms with Gasteiger partial charge in [0, 0.05) is 104 Å². The smallest absolute Gasteiger partial charge is 0.293 e. The van der Waals surface area contributed by atoms with E-state index in [9.17, 15) is 28.2 Å². The van der Waals surface area contributed by atoms with E-state index in [2.05, 4.69) is 60.7 Å². The minimum Gasteiger partial charge on any atom is -0.383 e. The normalized spacial score (nSPS) is 18.5. The number of H-pyrrole nitrogens is 1. The predicted octanol–water partition coefficient (Wildman–Crippen LogP) is 8.48. The number of nitro benzene ring substituents is 1. The molecule has 1 amide bonds. The molecule has 0 spiro atoms. The van der Waals surface area contributed by atoms with Gasteiger partial charge in [0.2, 0.25) is 0 Å². The Balaban J connectivity index is 0.995. The number of piperazine rings is 1. The number of anilines is 2. The van der Waals surface area contributed by atoms with Gasteiger partial charge < -0.3 is 19.9 Å². The lowest BCUT2D eigenvalue weighted by atomic mass is 9.72. The van der Waals surface area contributed by atoms with Crippen molar-refractivity contribution in [3.63, 3.8) is 0 Å². The lowest BCUT2D eigenvalue weighted by Gasteiger charge is -2.39. The molecule has 2 aromatic heterocycles. The number of aromatic amines is 1. The van der Waals surface area contributed by atoms with Crippen LogP contribution >= 0.6 is 30.9 Å². The number of carbonyl (C=O) groups is 1. The molecule has 19 heteroatoms. The molecule has 2 saturated heterocycles. The molecule has 0 radical (unpaired) electrons. The average molecular weight is 991 g/mol. The summed E-state index contributed by atoms with van der Waals surface area (Å²) >= 11 is 7.57. The van der Waals surface area contributed by atoms with Crippen LogP contribution in [0.5, 0.6) is 0 Å². The second kappa shape index (κ2) is 20.6. The predicted molar refractivity (Wildman–Crippen MR) is 270 cm³/mol. The number of hydrogen-bond donors (Lipinski definition) is 4. The third kappa shape index (κ3) is 12.2. The van der Waals surface area contributed by atoms with Gasteiger partial charge in [-0.2, -0.15) is 0 Å². The number of allylic oxidation sites excluding steroid dienone is 1. The van der Waals surface area contributed by atoms with Crippen molar-refractivity contribution in [3.8, 4) is 0 Å². The zero-order valence-electron chi connectivity index (χ0n) is 38.3. The minimum atomic E-state index is -4.58. The molecule has 2 fully saturated rings. The Hall–Kier alpha value is -4.58. The molecule has 4 N–H and O–H groups in total. The fourth-order valence-electron chi connectivity index (χ4n) is 9.16. The average Bonchev–Trinajstić information content (AvgIpc) is 3.76. The molecule has 4 heterocycles. The number of nitro groups is 1. The van der Waals surface area contributed by atoms with Crippen molar-refractivity contribution in [1.29, 1.82) is 0 Å². The van der Waals surface area contributed by atoms with Crippen LogP contribution in [0.15, 0.2) is 105 Å². The number of amides is 1. The maximum atomic E-state index is 14.1. The van der Waals surface area contributed by atoms with Gasteiger partial charge >= 0.3 is 0 Å². The van der Waals surface area contributed by atoms with Gasteiger partial charge in [0.15, 0.2) is 0 Å². The third-order valence-corrected chi connectivity index (χ3v) is 18.0. The standard InChI is InChI=1S/C48H58ClN8O7PS2/c1-48(2)15-13-35(42(28-48)33-5-7-36(49)8-6-33)30-54-17-19-56(20-18-54)38-9-11-41(45(26-38)66-39-25-34-14-16-50-46(34)51-29-39)47(58)53-67(62,63)40-10-12-43(44(27-40)57(59)60)52-37(32-64-3)31-55-21-23-65(4,61)24-22-55/h5-12,14,16,25-27,29,37,52,61H,13,15,17-24,28,30-32H2,1-4H3,(H-,50,51,53,58)/p+1. The van der Waals surface area contributed by atoms with Crippen LogP contribution in [0.2, 0.25) is 5.02 Å². The minimum absolute atomic E-state index is 0.120. The highest BCUT2D eigenvalue weighted by atomic mass is 35.5. The summed E-state index contributed by atoms with van der Waals surface area (Å²) in [5.41, 5.74) is 5.76. The van der Waals surface area contributed by atoms with Crippen LogP contribution in [0, 0.1) is 15.5 Å². The molecule has 0 saturated carbocycles. The van der Waals surface area contributed by atoms with Gasteiger partial charge in [-0.05, 0) is 90.4 Å². The van der Waals surface area contributed by atoms with Crippen LogP contribution < -0.4 is 14.9 Å². The molecule has 5 aromatic rings. The fraction of sp³-hybridized carbons (Fsp3) is 0.417. The Kier molecular flexibility index (Phi) is 15.0. The van der Waals surface area contributed by atoms with Crippen molar-refractivity contribution in [2.45, 2.75) is 53.8 Å². The summed E-state index contributed by atoms with van der Waals surface area (Å²) in [5.74, 6) is -0.872. The van der Waals surface area contributed by atoms with Crippen LogP contribution in [0.3, 0.4) is 0 Å². The number of ether oxygens (including phenoxy) is 1. The number of halogens is 1. The lowest BCUT2D eigenvalue weighted by Crippen LogP contribution is -2.47. The highest BCUT2D eigenvalue weighted by Crippen LogP contribution is 2.51. The van der Waals surface area contributed by atoms with Gasteiger partial charge in [-0.25, -0.2) is 18.1 Å². The number of benzene rings is 3. The molecule has 15 nitrogen and oxygen atoms in total. The number of sulfonamides is 1. The summed E-state index contributed by atoms with van der Waals surface area (Å²) in [5, 5.41) is 17.2. The summed E-state index contributed by atoms with van der Waals surface area (Å²) in [4.78, 5) is 51.8. The summed E-state index contributed by atoms with van der Waals surface area (Å²) in [7, 11) is -4.94. The number of pyridine rings is 1. The molecular formula is C48H59ClN8O7PS2+. The summed E-state index contributed by atoms with van der Waals surface area (Å²) in [6.45, 7) is 12.8. The first-order valence-electron chi connectivity index (χ1n) is 22.5. The van der Waals surface area contributed by atoms with Gasteiger partial charge in [0.05, 0.1) is 47.0 Å². The molecular weight excluding hydrogens is 931 g/mol. The number of nitrogens with zero attached hydrogens (tertiary/aromatic N) is 5. The van der Waals surface area contributed by atoms with Gasteiger partial charge in [-0.15, -0.1) is 0 Å². The Bertz CT molecular complexity index is 2750. The van der Waals surface area contributed by atoms with Crippen molar-refractivity contribution in [2.24, 2.45) is 5.41 Å². The summed E-state index contributed by atoms with van der Waals surface area (Å²) < 4.78 is 35.4. The van der Waals surface area contributed by atoms with Crippen LogP contribution in [0.4, 0.5) is 17.1 Å². The van der Waals surface area contributed by atoms with Crippen LogP contribution in [-0.4, -0.2) is 135 Å². The van der Waals surface area contributed by atoms with Crippen LogP contribution in [-0.2, 0) is 14.8 Å². The first kappa shape index (κ1) is 48.9. The number of rotatable bonds is 16. The van der Waals surface area contributed by atoms with Crippen LogP contribution in [0.1, 0.15) is 49.0 Å². The Labute approximate surface area is 402 Å². The molecule has 356 valence electrons.